The quantitative estimate of drug-likeness (QED) is 0.652. The fourth-order valence-electron chi connectivity index (χ4n) is 2.94. The lowest BCUT2D eigenvalue weighted by molar-refractivity contribution is -0.137. The molecule has 0 spiro atoms. The Balaban J connectivity index is 1.75. The van der Waals surface area contributed by atoms with E-state index < -0.39 is 29.3 Å². The van der Waals surface area contributed by atoms with Crippen LogP contribution < -0.4 is 4.90 Å². The number of halogens is 5. The molecule has 3 rings (SSSR count). The molecule has 158 valence electrons. The van der Waals surface area contributed by atoms with Gasteiger partial charge in [-0.15, -0.1) is 0 Å². The van der Waals surface area contributed by atoms with E-state index in [1.54, 1.807) is 0 Å². The van der Waals surface area contributed by atoms with E-state index in [-0.39, 0.29) is 6.54 Å². The van der Waals surface area contributed by atoms with E-state index in [9.17, 15) is 26.7 Å². The Morgan fingerprint density at radius 1 is 1.10 bits per heavy atom. The second kappa shape index (κ2) is 8.25. The van der Waals surface area contributed by atoms with Crippen molar-refractivity contribution in [2.75, 3.05) is 18.5 Å². The number of hydrogen-bond donors (Lipinski definition) is 0. The first-order valence-corrected chi connectivity index (χ1v) is 8.98. The van der Waals surface area contributed by atoms with Gasteiger partial charge in [0.05, 0.1) is 11.3 Å². The molecule has 0 saturated carbocycles. The number of allylic oxidation sites excluding steroid dienone is 1. The van der Waals surface area contributed by atoms with Crippen LogP contribution in [-0.4, -0.2) is 30.2 Å². The van der Waals surface area contributed by atoms with Gasteiger partial charge in [0.25, 0.3) is 0 Å². The minimum Gasteiger partial charge on any atom is -0.314 e. The van der Waals surface area contributed by atoms with Gasteiger partial charge < -0.3 is 4.90 Å². The standard InChI is InChI=1S/C21H18F5N3O/c1-13-3-10-19(14-4-9-17(22)18(23)11-14)27-29(13)12-20(30)28(2)16-7-5-15(6-8-16)21(24,25)26/h4-9,11H,1,3,10,12H2,2H3. The van der Waals surface area contributed by atoms with Crippen molar-refractivity contribution in [1.29, 1.82) is 0 Å². The Labute approximate surface area is 169 Å². The van der Waals surface area contributed by atoms with Gasteiger partial charge in [-0.2, -0.15) is 18.3 Å². The summed E-state index contributed by atoms with van der Waals surface area (Å²) in [6, 6.07) is 7.67. The fourth-order valence-corrected chi connectivity index (χ4v) is 2.94. The molecule has 0 saturated heterocycles. The molecule has 0 fully saturated rings. The number of rotatable bonds is 4. The molecule has 0 radical (unpaired) electrons. The third-order valence-corrected chi connectivity index (χ3v) is 4.75. The number of anilines is 1. The number of benzene rings is 2. The van der Waals surface area contributed by atoms with E-state index in [2.05, 4.69) is 11.7 Å². The lowest BCUT2D eigenvalue weighted by Crippen LogP contribution is -2.37. The number of carbonyl (C=O) groups is 1. The third-order valence-electron chi connectivity index (χ3n) is 4.75. The molecule has 1 amide bonds. The largest absolute Gasteiger partial charge is 0.416 e. The average molecular weight is 423 g/mol. The summed E-state index contributed by atoms with van der Waals surface area (Å²) in [6.45, 7) is 3.66. The second-order valence-electron chi connectivity index (χ2n) is 6.80. The van der Waals surface area contributed by atoms with Gasteiger partial charge in [0.15, 0.2) is 11.6 Å². The molecular weight excluding hydrogens is 405 g/mol. The Bertz CT molecular complexity index is 999. The molecular formula is C21H18F5N3O. The van der Waals surface area contributed by atoms with Gasteiger partial charge in [0.2, 0.25) is 5.91 Å². The molecule has 9 heteroatoms. The highest BCUT2D eigenvalue weighted by Crippen LogP contribution is 2.30. The van der Waals surface area contributed by atoms with Crippen molar-refractivity contribution >= 4 is 17.3 Å². The molecule has 1 aliphatic rings. The molecule has 0 N–H and O–H groups in total. The number of alkyl halides is 3. The maximum Gasteiger partial charge on any atom is 0.416 e. The van der Waals surface area contributed by atoms with Gasteiger partial charge >= 0.3 is 6.18 Å². The first-order chi connectivity index (χ1) is 14.1. The molecule has 0 bridgehead atoms. The highest BCUT2D eigenvalue weighted by molar-refractivity contribution is 6.01. The van der Waals surface area contributed by atoms with Crippen LogP contribution in [0, 0.1) is 11.6 Å². The highest BCUT2D eigenvalue weighted by atomic mass is 19.4. The Morgan fingerprint density at radius 3 is 2.37 bits per heavy atom. The number of nitrogens with zero attached hydrogens (tertiary/aromatic N) is 3. The summed E-state index contributed by atoms with van der Waals surface area (Å²) in [7, 11) is 1.44. The van der Waals surface area contributed by atoms with Gasteiger partial charge in [0, 0.05) is 24.0 Å². The van der Waals surface area contributed by atoms with Crippen LogP contribution in [0.3, 0.4) is 0 Å². The minimum absolute atomic E-state index is 0.205. The summed E-state index contributed by atoms with van der Waals surface area (Å²) in [5, 5.41) is 5.70. The summed E-state index contributed by atoms with van der Waals surface area (Å²) in [6.07, 6.45) is -3.55. The van der Waals surface area contributed by atoms with Crippen molar-refractivity contribution in [3.05, 3.63) is 77.5 Å². The van der Waals surface area contributed by atoms with Crippen molar-refractivity contribution in [1.82, 2.24) is 5.01 Å². The third kappa shape index (κ3) is 4.67. The van der Waals surface area contributed by atoms with E-state index in [4.69, 9.17) is 0 Å². The first kappa shape index (κ1) is 21.5. The zero-order valence-electron chi connectivity index (χ0n) is 16.0. The molecule has 1 heterocycles. The van der Waals surface area contributed by atoms with E-state index in [0.29, 0.717) is 35.5 Å². The lowest BCUT2D eigenvalue weighted by atomic mass is 10.0. The maximum absolute atomic E-state index is 13.5. The van der Waals surface area contributed by atoms with E-state index in [0.717, 1.165) is 24.3 Å². The number of hydrogen-bond acceptors (Lipinski definition) is 3. The minimum atomic E-state index is -4.46. The summed E-state index contributed by atoms with van der Waals surface area (Å²) >= 11 is 0. The smallest absolute Gasteiger partial charge is 0.314 e. The number of amides is 1. The summed E-state index contributed by atoms with van der Waals surface area (Å²) in [5.74, 6) is -2.39. The van der Waals surface area contributed by atoms with E-state index in [1.807, 2.05) is 0 Å². The molecule has 2 aromatic rings. The van der Waals surface area contributed by atoms with Crippen molar-refractivity contribution < 1.29 is 26.7 Å². The highest BCUT2D eigenvalue weighted by Gasteiger charge is 2.30. The second-order valence-corrected chi connectivity index (χ2v) is 6.80. The summed E-state index contributed by atoms with van der Waals surface area (Å²) < 4.78 is 64.8. The molecule has 0 aliphatic carbocycles. The van der Waals surface area contributed by atoms with Gasteiger partial charge in [-0.05, 0) is 55.3 Å². The van der Waals surface area contributed by atoms with E-state index in [1.165, 1.54) is 35.2 Å². The molecule has 0 unspecified atom stereocenters. The number of hydrazone groups is 1. The number of carbonyl (C=O) groups excluding carboxylic acids is 1. The molecule has 0 atom stereocenters. The van der Waals surface area contributed by atoms with E-state index >= 15 is 0 Å². The van der Waals surface area contributed by atoms with Crippen molar-refractivity contribution in [3.8, 4) is 0 Å². The van der Waals surface area contributed by atoms with Gasteiger partial charge in [-0.3, -0.25) is 9.80 Å². The zero-order chi connectivity index (χ0) is 22.1. The van der Waals surface area contributed by atoms with Crippen LogP contribution >= 0.6 is 0 Å². The zero-order valence-corrected chi connectivity index (χ0v) is 16.0. The van der Waals surface area contributed by atoms with Crippen LogP contribution in [0.25, 0.3) is 0 Å². The average Bonchev–Trinajstić information content (AvgIpc) is 2.70. The normalized spacial score (nSPS) is 14.5. The molecule has 2 aromatic carbocycles. The van der Waals surface area contributed by atoms with Crippen LogP contribution in [0.5, 0.6) is 0 Å². The van der Waals surface area contributed by atoms with Crippen molar-refractivity contribution in [3.63, 3.8) is 0 Å². The van der Waals surface area contributed by atoms with Crippen LogP contribution in [0.2, 0.25) is 0 Å². The van der Waals surface area contributed by atoms with Crippen LogP contribution in [0.1, 0.15) is 24.0 Å². The molecule has 1 aliphatic heterocycles. The Hall–Kier alpha value is -3.23. The van der Waals surface area contributed by atoms with Gasteiger partial charge in [0.1, 0.15) is 6.54 Å². The molecule has 0 aromatic heterocycles. The van der Waals surface area contributed by atoms with Crippen molar-refractivity contribution in [2.45, 2.75) is 19.0 Å². The van der Waals surface area contributed by atoms with Crippen LogP contribution in [0.15, 0.2) is 59.8 Å². The van der Waals surface area contributed by atoms with Gasteiger partial charge in [-0.25, -0.2) is 8.78 Å². The molecule has 4 nitrogen and oxygen atoms in total. The monoisotopic (exact) mass is 423 g/mol. The first-order valence-electron chi connectivity index (χ1n) is 8.98. The summed E-state index contributed by atoms with van der Waals surface area (Å²) in [5.41, 5.74) is 0.925. The Morgan fingerprint density at radius 2 is 1.77 bits per heavy atom. The predicted octanol–water partition coefficient (Wildman–Crippen LogP) is 4.96. The van der Waals surface area contributed by atoms with Crippen LogP contribution in [0.4, 0.5) is 27.6 Å². The lowest BCUT2D eigenvalue weighted by Gasteiger charge is -2.29. The fraction of sp³-hybridized carbons (Fsp3) is 0.238. The summed E-state index contributed by atoms with van der Waals surface area (Å²) in [4.78, 5) is 13.8. The predicted molar refractivity (Wildman–Crippen MR) is 103 cm³/mol. The SMILES string of the molecule is C=C1CCC(c2ccc(F)c(F)c2)=NN1CC(=O)N(C)c1ccc(C(F)(F)F)cc1. The van der Waals surface area contributed by atoms with Crippen molar-refractivity contribution in [2.24, 2.45) is 5.10 Å². The molecule has 30 heavy (non-hydrogen) atoms. The topological polar surface area (TPSA) is 35.9 Å². The van der Waals surface area contributed by atoms with Gasteiger partial charge in [-0.1, -0.05) is 6.58 Å². The van der Waals surface area contributed by atoms with Crippen LogP contribution in [-0.2, 0) is 11.0 Å². The number of likely N-dealkylation sites (N-methyl/N-ethyl adjacent to an activating group) is 1. The Kier molecular flexibility index (Phi) is 5.91. The maximum atomic E-state index is 13.5.